The Morgan fingerprint density at radius 3 is 1.87 bits per heavy atom. The molecule has 0 amide bonds. The summed E-state index contributed by atoms with van der Waals surface area (Å²) in [5, 5.41) is 9.06. The lowest BCUT2D eigenvalue weighted by Crippen LogP contribution is -2.26. The quantitative estimate of drug-likeness (QED) is 0.106. The summed E-state index contributed by atoms with van der Waals surface area (Å²) in [7, 11) is -4.66. The van der Waals surface area contributed by atoms with Gasteiger partial charge in [0, 0.05) is 6.42 Å². The Bertz CT molecular complexity index is 605. The third kappa shape index (κ3) is 23.0. The molecular formula is C23H39O7P. The van der Waals surface area contributed by atoms with Gasteiger partial charge in [-0.3, -0.25) is 9.32 Å². The van der Waals surface area contributed by atoms with Crippen LogP contribution in [0.4, 0.5) is 0 Å². The van der Waals surface area contributed by atoms with Crippen LogP contribution in [-0.4, -0.2) is 40.2 Å². The number of ether oxygens (including phenoxy) is 1. The monoisotopic (exact) mass is 458 g/mol. The summed E-state index contributed by atoms with van der Waals surface area (Å²) in [6.07, 6.45) is 25.2. The van der Waals surface area contributed by atoms with Gasteiger partial charge in [-0.25, -0.2) is 4.57 Å². The molecule has 1 atom stereocenters. The van der Waals surface area contributed by atoms with Crippen molar-refractivity contribution in [1.29, 1.82) is 0 Å². The predicted octanol–water partition coefficient (Wildman–Crippen LogP) is 5.15. The molecule has 0 bridgehead atoms. The molecule has 8 heteroatoms. The molecule has 0 radical (unpaired) electrons. The van der Waals surface area contributed by atoms with Crippen LogP contribution in [0.15, 0.2) is 48.6 Å². The van der Waals surface area contributed by atoms with Crippen molar-refractivity contribution in [2.45, 2.75) is 77.2 Å². The molecule has 0 fully saturated rings. The highest BCUT2D eigenvalue weighted by molar-refractivity contribution is 7.46. The molecular weight excluding hydrogens is 419 g/mol. The number of rotatable bonds is 19. The zero-order valence-electron chi connectivity index (χ0n) is 18.6. The molecule has 3 N–H and O–H groups in total. The number of hydrogen-bond donors (Lipinski definition) is 3. The molecule has 31 heavy (non-hydrogen) atoms. The lowest BCUT2D eigenvalue weighted by molar-refractivity contribution is -0.153. The first-order valence-electron chi connectivity index (χ1n) is 11.0. The number of aliphatic hydroxyl groups excluding tert-OH is 1. The number of aliphatic hydroxyl groups is 1. The van der Waals surface area contributed by atoms with Crippen molar-refractivity contribution < 1.29 is 33.5 Å². The third-order valence-electron chi connectivity index (χ3n) is 4.14. The summed E-state index contributed by atoms with van der Waals surface area (Å²) in [6, 6.07) is 0. The molecule has 0 saturated carbocycles. The van der Waals surface area contributed by atoms with Crippen molar-refractivity contribution in [2.24, 2.45) is 0 Å². The molecule has 1 unspecified atom stereocenters. The second kappa shape index (κ2) is 20.4. The van der Waals surface area contributed by atoms with Gasteiger partial charge in [-0.05, 0) is 44.9 Å². The molecule has 0 rings (SSSR count). The van der Waals surface area contributed by atoms with E-state index in [1.54, 1.807) is 0 Å². The van der Waals surface area contributed by atoms with Gasteiger partial charge in [0.25, 0.3) is 0 Å². The Balaban J connectivity index is 3.72. The summed E-state index contributed by atoms with van der Waals surface area (Å²) in [4.78, 5) is 28.9. The number of carbonyl (C=O) groups excluding carboxylic acids is 1. The molecule has 0 aromatic carbocycles. The molecule has 0 spiro atoms. The molecule has 7 nitrogen and oxygen atoms in total. The van der Waals surface area contributed by atoms with E-state index in [1.807, 2.05) is 12.2 Å². The van der Waals surface area contributed by atoms with Gasteiger partial charge < -0.3 is 19.6 Å². The first-order valence-corrected chi connectivity index (χ1v) is 12.5. The number of allylic oxidation sites excluding steroid dienone is 8. The van der Waals surface area contributed by atoms with E-state index < -0.39 is 33.1 Å². The average Bonchev–Trinajstić information content (AvgIpc) is 2.72. The predicted molar refractivity (Wildman–Crippen MR) is 123 cm³/mol. The Hall–Kier alpha value is -1.50. The highest BCUT2D eigenvalue weighted by atomic mass is 31.2. The van der Waals surface area contributed by atoms with Crippen LogP contribution in [0.3, 0.4) is 0 Å². The maximum atomic E-state index is 11.7. The summed E-state index contributed by atoms with van der Waals surface area (Å²) in [5.74, 6) is -0.538. The van der Waals surface area contributed by atoms with Gasteiger partial charge >= 0.3 is 13.8 Å². The zero-order valence-corrected chi connectivity index (χ0v) is 19.5. The maximum absolute atomic E-state index is 11.7. The summed E-state index contributed by atoms with van der Waals surface area (Å²) >= 11 is 0. The Morgan fingerprint density at radius 1 is 0.871 bits per heavy atom. The number of esters is 1. The van der Waals surface area contributed by atoms with Gasteiger partial charge in [0.05, 0.1) is 13.2 Å². The second-order valence-corrected chi connectivity index (χ2v) is 8.30. The fourth-order valence-corrected chi connectivity index (χ4v) is 2.83. The largest absolute Gasteiger partial charge is 0.469 e. The summed E-state index contributed by atoms with van der Waals surface area (Å²) < 4.78 is 19.8. The lowest BCUT2D eigenvalue weighted by atomic mass is 10.2. The molecule has 0 aromatic heterocycles. The highest BCUT2D eigenvalue weighted by Gasteiger charge is 2.20. The second-order valence-electron chi connectivity index (χ2n) is 7.06. The smallest absolute Gasteiger partial charge is 0.457 e. The van der Waals surface area contributed by atoms with Crippen LogP contribution in [0.5, 0.6) is 0 Å². The summed E-state index contributed by atoms with van der Waals surface area (Å²) in [6.45, 7) is 1.10. The fraction of sp³-hybridized carbons (Fsp3) is 0.609. The van der Waals surface area contributed by atoms with E-state index in [0.717, 1.165) is 25.7 Å². The van der Waals surface area contributed by atoms with E-state index in [1.165, 1.54) is 25.7 Å². The molecule has 0 heterocycles. The normalized spacial score (nSPS) is 13.8. The minimum Gasteiger partial charge on any atom is -0.457 e. The van der Waals surface area contributed by atoms with Gasteiger partial charge in [0.1, 0.15) is 6.10 Å². The number of unbranched alkanes of at least 4 members (excludes halogenated alkanes) is 4. The number of phosphoric acid groups is 1. The van der Waals surface area contributed by atoms with E-state index in [9.17, 15) is 9.36 Å². The lowest BCUT2D eigenvalue weighted by Gasteiger charge is -2.15. The van der Waals surface area contributed by atoms with Gasteiger partial charge in [0.15, 0.2) is 0 Å². The Labute approximate surface area is 186 Å². The van der Waals surface area contributed by atoms with Crippen LogP contribution >= 0.6 is 7.82 Å². The molecule has 0 aromatic rings. The number of carbonyl (C=O) groups is 1. The van der Waals surface area contributed by atoms with Gasteiger partial charge in [0.2, 0.25) is 0 Å². The Morgan fingerprint density at radius 2 is 1.39 bits per heavy atom. The first kappa shape index (κ1) is 29.5. The SMILES string of the molecule is CCCCC/C=C\C/C=C\C/C=C\C/C=C\CCCC(=O)OC(CO)COP(=O)(O)O. The van der Waals surface area contributed by atoms with E-state index in [4.69, 9.17) is 19.6 Å². The van der Waals surface area contributed by atoms with Gasteiger partial charge in [-0.1, -0.05) is 68.4 Å². The average molecular weight is 459 g/mol. The number of phosphoric ester groups is 1. The molecule has 0 aliphatic carbocycles. The van der Waals surface area contributed by atoms with Crippen molar-refractivity contribution in [3.63, 3.8) is 0 Å². The van der Waals surface area contributed by atoms with Crippen LogP contribution in [0.2, 0.25) is 0 Å². The van der Waals surface area contributed by atoms with E-state index >= 15 is 0 Å². The molecule has 178 valence electrons. The van der Waals surface area contributed by atoms with Crippen molar-refractivity contribution in [3.8, 4) is 0 Å². The van der Waals surface area contributed by atoms with Crippen LogP contribution in [-0.2, 0) is 18.6 Å². The maximum Gasteiger partial charge on any atom is 0.469 e. The van der Waals surface area contributed by atoms with Gasteiger partial charge in [-0.2, -0.15) is 0 Å². The van der Waals surface area contributed by atoms with Crippen LogP contribution in [0.25, 0.3) is 0 Å². The topological polar surface area (TPSA) is 113 Å². The minimum atomic E-state index is -4.66. The van der Waals surface area contributed by atoms with Crippen molar-refractivity contribution >= 4 is 13.8 Å². The molecule has 0 saturated heterocycles. The van der Waals surface area contributed by atoms with Crippen LogP contribution in [0, 0.1) is 0 Å². The van der Waals surface area contributed by atoms with Crippen molar-refractivity contribution in [2.75, 3.05) is 13.2 Å². The first-order chi connectivity index (χ1) is 14.9. The van der Waals surface area contributed by atoms with Crippen LogP contribution < -0.4 is 0 Å². The molecule has 0 aliphatic heterocycles. The standard InChI is InChI=1S/C23H39O7P/c1-2-3-4-5-6-7-8-9-10-11-12-13-14-15-16-17-18-19-23(25)30-22(20-24)21-29-31(26,27)28/h6-7,9-10,12-13,15-16,22,24H,2-5,8,11,14,17-21H2,1H3,(H2,26,27,28)/b7-6-,10-9-,13-12-,16-15-. The summed E-state index contributed by atoms with van der Waals surface area (Å²) in [5.41, 5.74) is 0. The van der Waals surface area contributed by atoms with Crippen LogP contribution in [0.1, 0.15) is 71.1 Å². The Kier molecular flexibility index (Phi) is 19.4. The minimum absolute atomic E-state index is 0.157. The van der Waals surface area contributed by atoms with Crippen molar-refractivity contribution in [3.05, 3.63) is 48.6 Å². The van der Waals surface area contributed by atoms with E-state index in [-0.39, 0.29) is 6.42 Å². The van der Waals surface area contributed by atoms with E-state index in [2.05, 4.69) is 47.9 Å². The third-order valence-corrected chi connectivity index (χ3v) is 4.62. The highest BCUT2D eigenvalue weighted by Crippen LogP contribution is 2.35. The van der Waals surface area contributed by atoms with Crippen molar-refractivity contribution in [1.82, 2.24) is 0 Å². The number of hydrogen-bond acceptors (Lipinski definition) is 5. The zero-order chi connectivity index (χ0) is 23.2. The van der Waals surface area contributed by atoms with Gasteiger partial charge in [-0.15, -0.1) is 0 Å². The van der Waals surface area contributed by atoms with E-state index in [0.29, 0.717) is 6.42 Å². The fourth-order valence-electron chi connectivity index (χ4n) is 2.47. The molecule has 0 aliphatic rings.